The largest absolute Gasteiger partial charge is 0.493 e. The highest BCUT2D eigenvalue weighted by Crippen LogP contribution is 2.30. The summed E-state index contributed by atoms with van der Waals surface area (Å²) in [5, 5.41) is 20.7. The van der Waals surface area contributed by atoms with Gasteiger partial charge in [0.15, 0.2) is 9.62 Å². The van der Waals surface area contributed by atoms with Gasteiger partial charge in [-0.1, -0.05) is 53.7 Å². The minimum atomic E-state index is -0.789. The zero-order valence-corrected chi connectivity index (χ0v) is 15.5. The van der Waals surface area contributed by atoms with Gasteiger partial charge in [-0.05, 0) is 5.56 Å². The van der Waals surface area contributed by atoms with Crippen molar-refractivity contribution in [3.8, 4) is 17.0 Å². The first kappa shape index (κ1) is 17.9. The number of aromatic nitrogens is 3. The minimum Gasteiger partial charge on any atom is -0.493 e. The summed E-state index contributed by atoms with van der Waals surface area (Å²) in [6, 6.07) is 8.88. The first-order valence-electron chi connectivity index (χ1n) is 7.25. The van der Waals surface area contributed by atoms with Gasteiger partial charge in [-0.3, -0.25) is 9.36 Å². The number of aliphatic hydroxyl groups excluding tert-OH is 1. The molecule has 0 fully saturated rings. The third-order valence-electron chi connectivity index (χ3n) is 3.49. The normalized spacial score (nSPS) is 12.3. The smallest absolute Gasteiger partial charge is 0.265 e. The van der Waals surface area contributed by atoms with Crippen LogP contribution in [-0.4, -0.2) is 30.5 Å². The first-order valence-corrected chi connectivity index (χ1v) is 9.43. The fourth-order valence-electron chi connectivity index (χ4n) is 2.21. The second-order valence-electron chi connectivity index (χ2n) is 5.17. The maximum atomic E-state index is 12.6. The zero-order valence-electron chi connectivity index (χ0n) is 13.1. The van der Waals surface area contributed by atoms with E-state index in [1.54, 1.807) is 31.3 Å². The molecular formula is C16H14ClN3O3S2. The van der Waals surface area contributed by atoms with Crippen molar-refractivity contribution in [1.82, 2.24) is 14.5 Å². The van der Waals surface area contributed by atoms with Crippen molar-refractivity contribution in [3.05, 3.63) is 56.2 Å². The lowest BCUT2D eigenvalue weighted by Crippen LogP contribution is -2.22. The molecule has 9 heteroatoms. The summed E-state index contributed by atoms with van der Waals surface area (Å²) in [4.78, 5) is 21.2. The van der Waals surface area contributed by atoms with Gasteiger partial charge in [-0.2, -0.15) is 4.98 Å². The lowest BCUT2D eigenvalue weighted by atomic mass is 10.1. The van der Waals surface area contributed by atoms with Crippen LogP contribution in [0.4, 0.5) is 0 Å². The van der Waals surface area contributed by atoms with Gasteiger partial charge in [0.1, 0.15) is 5.56 Å². The number of aromatic hydroxyl groups is 1. The number of aliphatic hydroxyl groups is 1. The topological polar surface area (TPSA) is 88.2 Å². The molecule has 0 saturated carbocycles. The predicted molar refractivity (Wildman–Crippen MR) is 99.4 cm³/mol. The molecule has 130 valence electrons. The number of hydrogen-bond donors (Lipinski definition) is 2. The number of benzene rings is 1. The van der Waals surface area contributed by atoms with Gasteiger partial charge in [0.05, 0.1) is 11.0 Å². The summed E-state index contributed by atoms with van der Waals surface area (Å²) in [6.45, 7) is 0. The Bertz CT molecular complexity index is 944. The van der Waals surface area contributed by atoms with Crippen molar-refractivity contribution in [2.75, 3.05) is 5.75 Å². The number of thiazole rings is 1. The highest BCUT2D eigenvalue weighted by molar-refractivity contribution is 7.99. The molecule has 0 aliphatic heterocycles. The zero-order chi connectivity index (χ0) is 18.0. The summed E-state index contributed by atoms with van der Waals surface area (Å²) < 4.78 is 1.72. The fraction of sp³-hybridized carbons (Fsp3) is 0.188. The van der Waals surface area contributed by atoms with Gasteiger partial charge in [-0.25, -0.2) is 4.98 Å². The van der Waals surface area contributed by atoms with Crippen molar-refractivity contribution >= 4 is 34.7 Å². The van der Waals surface area contributed by atoms with Gasteiger partial charge in [-0.15, -0.1) is 11.3 Å². The Morgan fingerprint density at radius 2 is 2.08 bits per heavy atom. The second kappa shape index (κ2) is 7.57. The second-order valence-corrected chi connectivity index (χ2v) is 7.80. The standard InChI is InChI=1S/C16H14ClN3O3S2/c1-20-14(23)12(9-5-3-2-4-6-9)13(22)19-16(20)24-8-10(21)11-7-18-15(17)25-11/h2-7,10,21-22H,8H2,1H3/t10-/m0/s1. The van der Waals surface area contributed by atoms with E-state index in [0.717, 1.165) is 0 Å². The van der Waals surface area contributed by atoms with E-state index in [4.69, 9.17) is 11.6 Å². The number of rotatable bonds is 5. The molecule has 25 heavy (non-hydrogen) atoms. The van der Waals surface area contributed by atoms with Crippen LogP contribution in [0.15, 0.2) is 46.5 Å². The molecule has 0 saturated heterocycles. The van der Waals surface area contributed by atoms with Crippen LogP contribution in [0.2, 0.25) is 4.47 Å². The summed E-state index contributed by atoms with van der Waals surface area (Å²) in [5.74, 6) is -0.0738. The molecule has 2 heterocycles. The van der Waals surface area contributed by atoms with Crippen molar-refractivity contribution in [3.63, 3.8) is 0 Å². The molecule has 0 aliphatic rings. The molecule has 0 bridgehead atoms. The molecule has 6 nitrogen and oxygen atoms in total. The third kappa shape index (κ3) is 3.87. The highest BCUT2D eigenvalue weighted by Gasteiger charge is 2.18. The Kier molecular flexibility index (Phi) is 5.43. The lowest BCUT2D eigenvalue weighted by Gasteiger charge is -2.12. The molecule has 0 unspecified atom stereocenters. The van der Waals surface area contributed by atoms with Crippen molar-refractivity contribution < 1.29 is 10.2 Å². The van der Waals surface area contributed by atoms with Crippen LogP contribution in [0.3, 0.4) is 0 Å². The van der Waals surface area contributed by atoms with Gasteiger partial charge in [0, 0.05) is 19.0 Å². The third-order valence-corrected chi connectivity index (χ3v) is 5.81. The quantitative estimate of drug-likeness (QED) is 0.509. The Balaban J connectivity index is 1.85. The van der Waals surface area contributed by atoms with Crippen molar-refractivity contribution in [1.29, 1.82) is 0 Å². The molecule has 0 spiro atoms. The molecule has 3 aromatic rings. The van der Waals surface area contributed by atoms with E-state index in [-0.39, 0.29) is 22.8 Å². The van der Waals surface area contributed by atoms with Crippen LogP contribution in [0.1, 0.15) is 11.0 Å². The molecule has 1 atom stereocenters. The van der Waals surface area contributed by atoms with E-state index < -0.39 is 6.10 Å². The van der Waals surface area contributed by atoms with Gasteiger partial charge in [0.25, 0.3) is 5.56 Å². The number of nitrogens with zero attached hydrogens (tertiary/aromatic N) is 3. The van der Waals surface area contributed by atoms with E-state index in [9.17, 15) is 15.0 Å². The first-order chi connectivity index (χ1) is 12.0. The monoisotopic (exact) mass is 395 g/mol. The molecular weight excluding hydrogens is 382 g/mol. The Labute approximate surface area is 156 Å². The predicted octanol–water partition coefficient (Wildman–Crippen LogP) is 3.09. The van der Waals surface area contributed by atoms with E-state index in [1.165, 1.54) is 33.9 Å². The molecule has 1 aromatic carbocycles. The van der Waals surface area contributed by atoms with Crippen molar-refractivity contribution in [2.24, 2.45) is 7.05 Å². The minimum absolute atomic E-state index is 0.155. The van der Waals surface area contributed by atoms with E-state index >= 15 is 0 Å². The van der Waals surface area contributed by atoms with Crippen LogP contribution >= 0.6 is 34.7 Å². The van der Waals surface area contributed by atoms with E-state index in [1.807, 2.05) is 6.07 Å². The average Bonchev–Trinajstić information content (AvgIpc) is 3.04. The molecule has 2 aromatic heterocycles. The van der Waals surface area contributed by atoms with Gasteiger partial charge >= 0.3 is 0 Å². The van der Waals surface area contributed by atoms with Crippen LogP contribution in [-0.2, 0) is 7.05 Å². The summed E-state index contributed by atoms with van der Waals surface area (Å²) >= 11 is 8.13. The van der Waals surface area contributed by atoms with Crippen LogP contribution < -0.4 is 5.56 Å². The summed E-state index contributed by atoms with van der Waals surface area (Å²) in [6.07, 6.45) is 0.726. The Morgan fingerprint density at radius 1 is 1.36 bits per heavy atom. The van der Waals surface area contributed by atoms with Crippen molar-refractivity contribution in [2.45, 2.75) is 11.3 Å². The molecule has 0 aliphatic carbocycles. The number of hydrogen-bond acceptors (Lipinski definition) is 7. The molecule has 2 N–H and O–H groups in total. The number of halogens is 1. The van der Waals surface area contributed by atoms with E-state index in [0.29, 0.717) is 20.1 Å². The highest BCUT2D eigenvalue weighted by atomic mass is 35.5. The van der Waals surface area contributed by atoms with Crippen LogP contribution in [0.25, 0.3) is 11.1 Å². The maximum Gasteiger partial charge on any atom is 0.265 e. The van der Waals surface area contributed by atoms with Crippen LogP contribution in [0.5, 0.6) is 5.88 Å². The summed E-state index contributed by atoms with van der Waals surface area (Å²) in [7, 11) is 1.58. The molecule has 0 radical (unpaired) electrons. The SMILES string of the molecule is Cn1c(SC[C@H](O)c2cnc(Cl)s2)nc(O)c(-c2ccccc2)c1=O. The molecule has 3 rings (SSSR count). The van der Waals surface area contributed by atoms with Gasteiger partial charge < -0.3 is 10.2 Å². The number of thioether (sulfide) groups is 1. The lowest BCUT2D eigenvalue weighted by molar-refractivity contribution is 0.207. The molecule has 0 amide bonds. The summed E-state index contributed by atoms with van der Waals surface area (Å²) in [5.41, 5.74) is 0.405. The Hall–Kier alpha value is -1.87. The van der Waals surface area contributed by atoms with Crippen LogP contribution in [0, 0.1) is 0 Å². The maximum absolute atomic E-state index is 12.6. The Morgan fingerprint density at radius 3 is 2.72 bits per heavy atom. The van der Waals surface area contributed by atoms with E-state index in [2.05, 4.69) is 9.97 Å². The van der Waals surface area contributed by atoms with Gasteiger partial charge in [0.2, 0.25) is 5.88 Å². The fourth-order valence-corrected chi connectivity index (χ4v) is 4.17. The average molecular weight is 396 g/mol.